The molecule has 1 aromatic rings. The first-order valence-electron chi connectivity index (χ1n) is 7.10. The highest BCUT2D eigenvalue weighted by Gasteiger charge is 2.22. The van der Waals surface area contributed by atoms with Crippen molar-refractivity contribution < 1.29 is 0 Å². The largest absolute Gasteiger partial charge is 0.0925 e. The standard InChI is InChI=1S/C16H22Br2/c17-12-15(14-5-3-1-2-4-6-14)11-13-7-9-16(18)10-8-13/h7-10,14-15H,1-6,11-12H2. The average Bonchev–Trinajstić information content (AvgIpc) is 2.67. The molecule has 1 aromatic carbocycles. The molecule has 0 aliphatic heterocycles. The van der Waals surface area contributed by atoms with Crippen LogP contribution in [0.3, 0.4) is 0 Å². The minimum absolute atomic E-state index is 0.810. The summed E-state index contributed by atoms with van der Waals surface area (Å²) < 4.78 is 1.18. The first-order valence-corrected chi connectivity index (χ1v) is 9.01. The van der Waals surface area contributed by atoms with Crippen LogP contribution in [-0.2, 0) is 6.42 Å². The monoisotopic (exact) mass is 372 g/mol. The van der Waals surface area contributed by atoms with Gasteiger partial charge in [-0.15, -0.1) is 0 Å². The van der Waals surface area contributed by atoms with E-state index in [1.807, 2.05) is 0 Å². The first kappa shape index (κ1) is 14.6. The maximum Gasteiger partial charge on any atom is 0.0175 e. The minimum atomic E-state index is 0.810. The van der Waals surface area contributed by atoms with Crippen molar-refractivity contribution in [2.24, 2.45) is 11.8 Å². The van der Waals surface area contributed by atoms with Crippen molar-refractivity contribution in [3.05, 3.63) is 34.3 Å². The summed E-state index contributed by atoms with van der Waals surface area (Å²) in [6, 6.07) is 8.84. The molecule has 1 aliphatic carbocycles. The van der Waals surface area contributed by atoms with Gasteiger partial charge in [-0.2, -0.15) is 0 Å². The van der Waals surface area contributed by atoms with E-state index in [1.54, 1.807) is 0 Å². The molecule has 2 heteroatoms. The second-order valence-corrected chi connectivity index (χ2v) is 7.06. The lowest BCUT2D eigenvalue weighted by Gasteiger charge is -2.24. The van der Waals surface area contributed by atoms with Gasteiger partial charge in [0.15, 0.2) is 0 Å². The van der Waals surface area contributed by atoms with Gasteiger partial charge < -0.3 is 0 Å². The Bertz CT molecular complexity index is 337. The third-order valence-electron chi connectivity index (χ3n) is 4.18. The molecular weight excluding hydrogens is 352 g/mol. The van der Waals surface area contributed by atoms with Crippen molar-refractivity contribution >= 4 is 31.9 Å². The Hall–Kier alpha value is 0.180. The third kappa shape index (κ3) is 4.38. The fourth-order valence-electron chi connectivity index (χ4n) is 3.05. The number of alkyl halides is 1. The van der Waals surface area contributed by atoms with E-state index in [-0.39, 0.29) is 0 Å². The van der Waals surface area contributed by atoms with Crippen molar-refractivity contribution in [2.75, 3.05) is 5.33 Å². The number of hydrogen-bond acceptors (Lipinski definition) is 0. The van der Waals surface area contributed by atoms with Gasteiger partial charge in [0.25, 0.3) is 0 Å². The maximum absolute atomic E-state index is 3.74. The van der Waals surface area contributed by atoms with E-state index in [4.69, 9.17) is 0 Å². The van der Waals surface area contributed by atoms with Crippen LogP contribution in [0.25, 0.3) is 0 Å². The van der Waals surface area contributed by atoms with Crippen LogP contribution >= 0.6 is 31.9 Å². The van der Waals surface area contributed by atoms with Crippen molar-refractivity contribution in [1.82, 2.24) is 0 Å². The Morgan fingerprint density at radius 2 is 1.61 bits per heavy atom. The van der Waals surface area contributed by atoms with E-state index >= 15 is 0 Å². The van der Waals surface area contributed by atoms with Gasteiger partial charge in [-0.05, 0) is 36.0 Å². The van der Waals surface area contributed by atoms with Crippen molar-refractivity contribution in [3.63, 3.8) is 0 Å². The fourth-order valence-corrected chi connectivity index (χ4v) is 4.07. The molecule has 0 bridgehead atoms. The van der Waals surface area contributed by atoms with Gasteiger partial charge in [-0.3, -0.25) is 0 Å². The van der Waals surface area contributed by atoms with Crippen LogP contribution < -0.4 is 0 Å². The van der Waals surface area contributed by atoms with Gasteiger partial charge in [0.1, 0.15) is 0 Å². The Kier molecular flexibility index (Phi) is 6.23. The van der Waals surface area contributed by atoms with Crippen molar-refractivity contribution in [1.29, 1.82) is 0 Å². The van der Waals surface area contributed by atoms with Gasteiger partial charge in [-0.1, -0.05) is 82.5 Å². The van der Waals surface area contributed by atoms with E-state index in [1.165, 1.54) is 55.0 Å². The Labute approximate surface area is 128 Å². The lowest BCUT2D eigenvalue weighted by atomic mass is 9.83. The van der Waals surface area contributed by atoms with E-state index in [0.717, 1.165) is 17.2 Å². The first-order chi connectivity index (χ1) is 8.79. The second kappa shape index (κ2) is 7.69. The van der Waals surface area contributed by atoms with Gasteiger partial charge >= 0.3 is 0 Å². The molecule has 0 saturated heterocycles. The molecule has 0 aromatic heterocycles. The highest BCUT2D eigenvalue weighted by molar-refractivity contribution is 9.10. The van der Waals surface area contributed by atoms with Gasteiger partial charge in [0, 0.05) is 9.80 Å². The molecule has 1 aliphatic rings. The summed E-state index contributed by atoms with van der Waals surface area (Å²) >= 11 is 7.25. The lowest BCUT2D eigenvalue weighted by Crippen LogP contribution is -2.18. The Morgan fingerprint density at radius 1 is 1.00 bits per heavy atom. The maximum atomic E-state index is 3.74. The minimum Gasteiger partial charge on any atom is -0.0925 e. The summed E-state index contributed by atoms with van der Waals surface area (Å²) in [7, 11) is 0. The van der Waals surface area contributed by atoms with E-state index in [2.05, 4.69) is 56.1 Å². The van der Waals surface area contributed by atoms with Gasteiger partial charge in [0.05, 0.1) is 0 Å². The summed E-state index contributed by atoms with van der Waals surface area (Å²) in [5.41, 5.74) is 1.48. The Balaban J connectivity index is 1.97. The molecule has 1 atom stereocenters. The number of halogens is 2. The summed E-state index contributed by atoms with van der Waals surface area (Å²) in [4.78, 5) is 0. The van der Waals surface area contributed by atoms with E-state index in [9.17, 15) is 0 Å². The van der Waals surface area contributed by atoms with Crippen LogP contribution in [-0.4, -0.2) is 5.33 Å². The third-order valence-corrected chi connectivity index (χ3v) is 5.54. The summed E-state index contributed by atoms with van der Waals surface area (Å²) in [6.07, 6.45) is 9.87. The fraction of sp³-hybridized carbons (Fsp3) is 0.625. The molecule has 0 nitrogen and oxygen atoms in total. The van der Waals surface area contributed by atoms with Gasteiger partial charge in [0.2, 0.25) is 0 Å². The van der Waals surface area contributed by atoms with Crippen LogP contribution in [0.15, 0.2) is 28.7 Å². The molecule has 18 heavy (non-hydrogen) atoms. The molecule has 1 unspecified atom stereocenters. The quantitative estimate of drug-likeness (QED) is 0.450. The lowest BCUT2D eigenvalue weighted by molar-refractivity contribution is 0.325. The number of rotatable bonds is 4. The predicted molar refractivity (Wildman–Crippen MR) is 86.3 cm³/mol. The topological polar surface area (TPSA) is 0 Å². The van der Waals surface area contributed by atoms with Crippen LogP contribution in [0.4, 0.5) is 0 Å². The predicted octanol–water partition coefficient (Wildman–Crippen LogP) is 5.97. The molecule has 0 heterocycles. The molecular formula is C16H22Br2. The molecule has 1 fully saturated rings. The van der Waals surface area contributed by atoms with Crippen LogP contribution in [0.2, 0.25) is 0 Å². The highest BCUT2D eigenvalue weighted by atomic mass is 79.9. The average molecular weight is 374 g/mol. The zero-order valence-corrected chi connectivity index (χ0v) is 14.0. The zero-order valence-electron chi connectivity index (χ0n) is 10.9. The van der Waals surface area contributed by atoms with E-state index in [0.29, 0.717) is 0 Å². The smallest absolute Gasteiger partial charge is 0.0175 e. The van der Waals surface area contributed by atoms with Crippen LogP contribution in [0.5, 0.6) is 0 Å². The summed E-state index contributed by atoms with van der Waals surface area (Å²) in [5.74, 6) is 1.74. The molecule has 0 N–H and O–H groups in total. The molecule has 100 valence electrons. The normalized spacial score (nSPS) is 19.4. The summed E-state index contributed by atoms with van der Waals surface area (Å²) in [6.45, 7) is 0. The van der Waals surface area contributed by atoms with E-state index < -0.39 is 0 Å². The number of benzene rings is 1. The highest BCUT2D eigenvalue weighted by Crippen LogP contribution is 2.32. The van der Waals surface area contributed by atoms with Gasteiger partial charge in [-0.25, -0.2) is 0 Å². The molecule has 1 saturated carbocycles. The van der Waals surface area contributed by atoms with Crippen molar-refractivity contribution in [3.8, 4) is 0 Å². The molecule has 0 spiro atoms. The molecule has 0 radical (unpaired) electrons. The summed E-state index contributed by atoms with van der Waals surface area (Å²) in [5, 5.41) is 1.15. The molecule has 2 rings (SSSR count). The van der Waals surface area contributed by atoms with Crippen LogP contribution in [0, 0.1) is 11.8 Å². The number of hydrogen-bond donors (Lipinski definition) is 0. The van der Waals surface area contributed by atoms with Crippen molar-refractivity contribution in [2.45, 2.75) is 44.9 Å². The van der Waals surface area contributed by atoms with Crippen LogP contribution in [0.1, 0.15) is 44.1 Å². The SMILES string of the molecule is BrCC(Cc1ccc(Br)cc1)C1CCCCCC1. The second-order valence-electron chi connectivity index (χ2n) is 5.50. The Morgan fingerprint density at radius 3 is 2.17 bits per heavy atom. The molecule has 0 amide bonds. The zero-order chi connectivity index (χ0) is 12.8.